The van der Waals surface area contributed by atoms with Gasteiger partial charge >= 0.3 is 0 Å². The van der Waals surface area contributed by atoms with Crippen LogP contribution in [0.5, 0.6) is 0 Å². The first-order valence-corrected chi connectivity index (χ1v) is 7.36. The number of allylic oxidation sites excluding steroid dienone is 2. The molecule has 0 radical (unpaired) electrons. The third-order valence-electron chi connectivity index (χ3n) is 3.96. The van der Waals surface area contributed by atoms with Gasteiger partial charge in [-0.3, -0.25) is 0 Å². The number of fused-ring (bicyclic) bond motifs is 1. The maximum absolute atomic E-state index is 5.88. The quantitative estimate of drug-likeness (QED) is 0.625. The Bertz CT molecular complexity index is 574. The molecular weight excluding hydrogens is 232 g/mol. The first-order valence-electron chi connectivity index (χ1n) is 7.36. The highest BCUT2D eigenvalue weighted by molar-refractivity contribution is 5.82. The van der Waals surface area contributed by atoms with E-state index in [-0.39, 0.29) is 0 Å². The zero-order valence-electron chi connectivity index (χ0n) is 12.5. The molecule has 1 heterocycles. The molecule has 0 amide bonds. The van der Waals surface area contributed by atoms with Crippen LogP contribution in [-0.2, 0) is 0 Å². The highest BCUT2D eigenvalue weighted by Crippen LogP contribution is 2.30. The van der Waals surface area contributed by atoms with Gasteiger partial charge in [0.05, 0.1) is 0 Å². The molecule has 0 aliphatic carbocycles. The van der Waals surface area contributed by atoms with Gasteiger partial charge in [0.2, 0.25) is 0 Å². The second-order valence-electron chi connectivity index (χ2n) is 5.27. The van der Waals surface area contributed by atoms with Crippen molar-refractivity contribution in [3.8, 4) is 0 Å². The monoisotopic (exact) mass is 256 g/mol. The first kappa shape index (κ1) is 13.9. The van der Waals surface area contributed by atoms with E-state index >= 15 is 0 Å². The minimum absolute atomic E-state index is 0.676. The second kappa shape index (κ2) is 6.10. The Kier molecular flexibility index (Phi) is 4.47. The lowest BCUT2D eigenvalue weighted by atomic mass is 9.91. The SMILES string of the molecule is C/C=C(\C)c1cc2cc(C(CC)CCC)ccc2o1. The molecule has 1 atom stereocenters. The van der Waals surface area contributed by atoms with Crippen molar-refractivity contribution >= 4 is 16.5 Å². The lowest BCUT2D eigenvalue weighted by Gasteiger charge is -2.13. The molecule has 1 heteroatoms. The number of hydrogen-bond donors (Lipinski definition) is 0. The normalized spacial score (nSPS) is 14.0. The average Bonchev–Trinajstić information content (AvgIpc) is 2.86. The summed E-state index contributed by atoms with van der Waals surface area (Å²) in [6.07, 6.45) is 5.80. The zero-order valence-corrected chi connectivity index (χ0v) is 12.5. The van der Waals surface area contributed by atoms with Gasteiger partial charge in [-0.25, -0.2) is 0 Å². The number of benzene rings is 1. The van der Waals surface area contributed by atoms with E-state index < -0.39 is 0 Å². The molecule has 0 aliphatic rings. The van der Waals surface area contributed by atoms with Crippen molar-refractivity contribution in [1.82, 2.24) is 0 Å². The predicted molar refractivity (Wildman–Crippen MR) is 83.5 cm³/mol. The molecular formula is C18H24O. The van der Waals surface area contributed by atoms with Gasteiger partial charge < -0.3 is 4.42 Å². The predicted octanol–water partition coefficient (Wildman–Crippen LogP) is 6.15. The van der Waals surface area contributed by atoms with Crippen molar-refractivity contribution in [1.29, 1.82) is 0 Å². The molecule has 1 nitrogen and oxygen atoms in total. The van der Waals surface area contributed by atoms with E-state index in [1.54, 1.807) is 0 Å². The summed E-state index contributed by atoms with van der Waals surface area (Å²) < 4.78 is 5.88. The van der Waals surface area contributed by atoms with E-state index in [1.165, 1.54) is 35.8 Å². The third kappa shape index (κ3) is 2.91. The van der Waals surface area contributed by atoms with Crippen LogP contribution in [0.25, 0.3) is 16.5 Å². The minimum Gasteiger partial charge on any atom is -0.456 e. The Morgan fingerprint density at radius 3 is 2.68 bits per heavy atom. The molecule has 1 aromatic heterocycles. The van der Waals surface area contributed by atoms with Gasteiger partial charge in [0.25, 0.3) is 0 Å². The Morgan fingerprint density at radius 2 is 2.05 bits per heavy atom. The molecule has 0 fully saturated rings. The van der Waals surface area contributed by atoms with Gasteiger partial charge in [-0.15, -0.1) is 0 Å². The van der Waals surface area contributed by atoms with Gasteiger partial charge in [0.15, 0.2) is 0 Å². The van der Waals surface area contributed by atoms with Crippen LogP contribution in [0, 0.1) is 0 Å². The minimum atomic E-state index is 0.676. The van der Waals surface area contributed by atoms with E-state index in [9.17, 15) is 0 Å². The Morgan fingerprint density at radius 1 is 1.26 bits per heavy atom. The summed E-state index contributed by atoms with van der Waals surface area (Å²) in [6.45, 7) is 8.66. The molecule has 0 aliphatic heterocycles. The second-order valence-corrected chi connectivity index (χ2v) is 5.27. The lowest BCUT2D eigenvalue weighted by molar-refractivity contribution is 0.592. The largest absolute Gasteiger partial charge is 0.456 e. The first-order chi connectivity index (χ1) is 9.19. The molecule has 0 N–H and O–H groups in total. The molecule has 0 saturated carbocycles. The van der Waals surface area contributed by atoms with Crippen molar-refractivity contribution in [2.75, 3.05) is 0 Å². The number of furan rings is 1. The topological polar surface area (TPSA) is 13.1 Å². The fourth-order valence-electron chi connectivity index (χ4n) is 2.61. The standard InChI is InChI=1S/C18H24O/c1-5-8-14(7-3)15-9-10-17-16(11-15)12-18(19-17)13(4)6-2/h6,9-12,14H,5,7-8H2,1-4H3/b13-6+. The molecule has 2 aromatic rings. The van der Waals surface area contributed by atoms with Crippen LogP contribution in [0.4, 0.5) is 0 Å². The maximum atomic E-state index is 5.88. The molecule has 0 spiro atoms. The van der Waals surface area contributed by atoms with Crippen LogP contribution in [0.3, 0.4) is 0 Å². The highest BCUT2D eigenvalue weighted by Gasteiger charge is 2.11. The Balaban J connectivity index is 2.39. The molecule has 19 heavy (non-hydrogen) atoms. The molecule has 1 aromatic carbocycles. The van der Waals surface area contributed by atoms with E-state index in [0.717, 1.165) is 11.3 Å². The fraction of sp³-hybridized carbons (Fsp3) is 0.444. The fourth-order valence-corrected chi connectivity index (χ4v) is 2.61. The van der Waals surface area contributed by atoms with E-state index in [4.69, 9.17) is 4.42 Å². The van der Waals surface area contributed by atoms with Crippen LogP contribution >= 0.6 is 0 Å². The van der Waals surface area contributed by atoms with Gasteiger partial charge in [-0.05, 0) is 61.9 Å². The Hall–Kier alpha value is -1.50. The molecule has 0 bridgehead atoms. The number of hydrogen-bond acceptors (Lipinski definition) is 1. The van der Waals surface area contributed by atoms with Gasteiger partial charge in [-0.1, -0.05) is 32.4 Å². The summed E-state index contributed by atoms with van der Waals surface area (Å²) in [5.41, 5.74) is 3.63. The Labute approximate surface area is 116 Å². The van der Waals surface area contributed by atoms with Crippen molar-refractivity contribution < 1.29 is 4.42 Å². The van der Waals surface area contributed by atoms with Crippen molar-refractivity contribution in [2.24, 2.45) is 0 Å². The summed E-state index contributed by atoms with van der Waals surface area (Å²) in [7, 11) is 0. The zero-order chi connectivity index (χ0) is 13.8. The van der Waals surface area contributed by atoms with Crippen LogP contribution in [-0.4, -0.2) is 0 Å². The van der Waals surface area contributed by atoms with E-state index in [1.807, 2.05) is 6.92 Å². The van der Waals surface area contributed by atoms with Gasteiger partial charge in [-0.2, -0.15) is 0 Å². The summed E-state index contributed by atoms with van der Waals surface area (Å²) in [5.74, 6) is 1.66. The van der Waals surface area contributed by atoms with Gasteiger partial charge in [0, 0.05) is 5.39 Å². The molecule has 1 unspecified atom stereocenters. The smallest absolute Gasteiger partial charge is 0.134 e. The molecule has 2 rings (SSSR count). The molecule has 0 saturated heterocycles. The van der Waals surface area contributed by atoms with Crippen LogP contribution in [0.15, 0.2) is 34.8 Å². The summed E-state index contributed by atoms with van der Waals surface area (Å²) in [4.78, 5) is 0. The van der Waals surface area contributed by atoms with Gasteiger partial charge in [0.1, 0.15) is 11.3 Å². The van der Waals surface area contributed by atoms with Crippen LogP contribution in [0.1, 0.15) is 64.2 Å². The van der Waals surface area contributed by atoms with Crippen molar-refractivity contribution in [3.63, 3.8) is 0 Å². The highest BCUT2D eigenvalue weighted by atomic mass is 16.3. The summed E-state index contributed by atoms with van der Waals surface area (Å²) >= 11 is 0. The lowest BCUT2D eigenvalue weighted by Crippen LogP contribution is -1.96. The van der Waals surface area contributed by atoms with E-state index in [2.05, 4.69) is 51.1 Å². The van der Waals surface area contributed by atoms with Crippen LogP contribution < -0.4 is 0 Å². The van der Waals surface area contributed by atoms with Crippen molar-refractivity contribution in [2.45, 2.75) is 52.9 Å². The summed E-state index contributed by atoms with van der Waals surface area (Å²) in [6, 6.07) is 8.81. The number of rotatable bonds is 5. The third-order valence-corrected chi connectivity index (χ3v) is 3.96. The van der Waals surface area contributed by atoms with Crippen molar-refractivity contribution in [3.05, 3.63) is 41.7 Å². The van der Waals surface area contributed by atoms with E-state index in [0.29, 0.717) is 5.92 Å². The summed E-state index contributed by atoms with van der Waals surface area (Å²) in [5, 5.41) is 1.23. The maximum Gasteiger partial charge on any atom is 0.134 e. The average molecular weight is 256 g/mol. The van der Waals surface area contributed by atoms with Crippen LogP contribution in [0.2, 0.25) is 0 Å². The molecule has 102 valence electrons.